The molecule has 0 aromatic heterocycles. The highest BCUT2D eigenvalue weighted by Crippen LogP contribution is 2.16. The zero-order valence-corrected chi connectivity index (χ0v) is 10.4. The molecule has 0 aliphatic carbocycles. The Morgan fingerprint density at radius 1 is 1.56 bits per heavy atom. The topological polar surface area (TPSA) is 52.6 Å². The first-order chi connectivity index (χ1) is 7.65. The lowest BCUT2D eigenvalue weighted by Gasteiger charge is -2.35. The molecule has 2 atom stereocenters. The van der Waals surface area contributed by atoms with Gasteiger partial charge in [-0.15, -0.1) is 0 Å². The van der Waals surface area contributed by atoms with Gasteiger partial charge < -0.3 is 10.4 Å². The molecule has 94 valence electrons. The molecule has 1 aliphatic rings. The molecule has 0 saturated carbocycles. The van der Waals surface area contributed by atoms with Crippen LogP contribution in [0.5, 0.6) is 0 Å². The van der Waals surface area contributed by atoms with Gasteiger partial charge in [0.05, 0.1) is 0 Å². The minimum absolute atomic E-state index is 0.416. The van der Waals surface area contributed by atoms with Crippen molar-refractivity contribution in [1.82, 2.24) is 10.2 Å². The summed E-state index contributed by atoms with van der Waals surface area (Å²) in [7, 11) is 0. The maximum atomic E-state index is 11.1. The fourth-order valence-electron chi connectivity index (χ4n) is 2.21. The molecule has 16 heavy (non-hydrogen) atoms. The van der Waals surface area contributed by atoms with Crippen LogP contribution in [0.3, 0.4) is 0 Å². The van der Waals surface area contributed by atoms with Gasteiger partial charge >= 0.3 is 5.97 Å². The number of carboxylic acids is 1. The van der Waals surface area contributed by atoms with Crippen molar-refractivity contribution in [2.45, 2.75) is 51.6 Å². The Bertz CT molecular complexity index is 221. The molecule has 1 aliphatic heterocycles. The number of nitrogens with one attached hydrogen (secondary N) is 1. The van der Waals surface area contributed by atoms with Crippen LogP contribution in [0, 0.1) is 0 Å². The predicted octanol–water partition coefficient (Wildman–Crippen LogP) is 1.31. The number of likely N-dealkylation sites (tertiary alicyclic amines) is 1. The Kier molecular flexibility index (Phi) is 5.77. The van der Waals surface area contributed by atoms with Crippen LogP contribution >= 0.6 is 0 Å². The zero-order valence-electron chi connectivity index (χ0n) is 10.4. The lowest BCUT2D eigenvalue weighted by molar-refractivity contribution is -0.140. The van der Waals surface area contributed by atoms with Crippen molar-refractivity contribution >= 4 is 5.97 Å². The monoisotopic (exact) mass is 228 g/mol. The van der Waals surface area contributed by atoms with Crippen molar-refractivity contribution < 1.29 is 9.90 Å². The first-order valence-electron chi connectivity index (χ1n) is 6.35. The number of hydrogen-bond acceptors (Lipinski definition) is 3. The Labute approximate surface area is 98.0 Å². The first-order valence-corrected chi connectivity index (χ1v) is 6.35. The summed E-state index contributed by atoms with van der Waals surface area (Å²) in [5.41, 5.74) is 0. The van der Waals surface area contributed by atoms with Crippen molar-refractivity contribution in [3.05, 3.63) is 0 Å². The highest BCUT2D eigenvalue weighted by Gasteiger charge is 2.24. The van der Waals surface area contributed by atoms with Crippen molar-refractivity contribution in [3.8, 4) is 0 Å². The normalized spacial score (nSPS) is 24.2. The van der Waals surface area contributed by atoms with Gasteiger partial charge in [-0.1, -0.05) is 13.3 Å². The van der Waals surface area contributed by atoms with E-state index in [0.29, 0.717) is 12.6 Å². The molecule has 0 radical (unpaired) electrons. The van der Waals surface area contributed by atoms with E-state index in [-0.39, 0.29) is 0 Å². The van der Waals surface area contributed by atoms with E-state index in [2.05, 4.69) is 24.1 Å². The molecule has 0 amide bonds. The van der Waals surface area contributed by atoms with Crippen molar-refractivity contribution in [2.75, 3.05) is 19.6 Å². The van der Waals surface area contributed by atoms with Crippen LogP contribution in [-0.4, -0.2) is 47.7 Å². The van der Waals surface area contributed by atoms with Crippen molar-refractivity contribution in [1.29, 1.82) is 0 Å². The van der Waals surface area contributed by atoms with Crippen LogP contribution in [0.1, 0.15) is 39.5 Å². The third kappa shape index (κ3) is 4.10. The summed E-state index contributed by atoms with van der Waals surface area (Å²) >= 11 is 0. The van der Waals surface area contributed by atoms with Gasteiger partial charge in [0.15, 0.2) is 0 Å². The minimum atomic E-state index is -0.730. The van der Waals surface area contributed by atoms with Crippen LogP contribution in [0.25, 0.3) is 0 Å². The van der Waals surface area contributed by atoms with Gasteiger partial charge in [0.25, 0.3) is 0 Å². The second kappa shape index (κ2) is 6.86. The maximum Gasteiger partial charge on any atom is 0.322 e. The third-order valence-corrected chi connectivity index (χ3v) is 3.30. The van der Waals surface area contributed by atoms with E-state index in [9.17, 15) is 4.79 Å². The van der Waals surface area contributed by atoms with Gasteiger partial charge in [-0.2, -0.15) is 0 Å². The summed E-state index contributed by atoms with van der Waals surface area (Å²) in [5.74, 6) is -0.730. The van der Waals surface area contributed by atoms with E-state index in [1.54, 1.807) is 0 Å². The summed E-state index contributed by atoms with van der Waals surface area (Å²) in [6.07, 6.45) is 4.64. The van der Waals surface area contributed by atoms with Crippen LogP contribution in [-0.2, 0) is 4.79 Å². The van der Waals surface area contributed by atoms with Crippen LogP contribution in [0.15, 0.2) is 0 Å². The molecule has 1 saturated heterocycles. The standard InChI is InChI=1S/C12H24N2O2/c1-3-7-13-11(12(15)16)9-14-8-5-4-6-10(14)2/h10-11,13H,3-9H2,1-2H3,(H,15,16). The van der Waals surface area contributed by atoms with E-state index in [1.165, 1.54) is 19.3 Å². The summed E-state index contributed by atoms with van der Waals surface area (Å²) in [4.78, 5) is 13.4. The number of rotatable bonds is 6. The number of hydrogen-bond donors (Lipinski definition) is 2. The number of aliphatic carboxylic acids is 1. The molecule has 0 spiro atoms. The van der Waals surface area contributed by atoms with Gasteiger partial charge in [0.2, 0.25) is 0 Å². The molecular weight excluding hydrogens is 204 g/mol. The molecule has 1 rings (SSSR count). The Hall–Kier alpha value is -0.610. The van der Waals surface area contributed by atoms with Crippen LogP contribution < -0.4 is 5.32 Å². The summed E-state index contributed by atoms with van der Waals surface area (Å²) in [5, 5.41) is 12.2. The van der Waals surface area contributed by atoms with Crippen molar-refractivity contribution in [2.24, 2.45) is 0 Å². The van der Waals surface area contributed by atoms with E-state index >= 15 is 0 Å². The number of carboxylic acid groups (broad SMARTS) is 1. The molecule has 1 fully saturated rings. The lowest BCUT2D eigenvalue weighted by atomic mass is 10.0. The molecule has 4 heteroatoms. The SMILES string of the molecule is CCCNC(CN1CCCCC1C)C(=O)O. The maximum absolute atomic E-state index is 11.1. The number of carbonyl (C=O) groups is 1. The second-order valence-corrected chi connectivity index (χ2v) is 4.68. The lowest BCUT2D eigenvalue weighted by Crippen LogP contribution is -2.50. The van der Waals surface area contributed by atoms with Gasteiger partial charge in [-0.25, -0.2) is 0 Å². The van der Waals surface area contributed by atoms with Crippen LogP contribution in [0.2, 0.25) is 0 Å². The average Bonchev–Trinajstić information content (AvgIpc) is 2.26. The number of piperidine rings is 1. The van der Waals surface area contributed by atoms with Gasteiger partial charge in [0.1, 0.15) is 6.04 Å². The van der Waals surface area contributed by atoms with Gasteiger partial charge in [-0.3, -0.25) is 9.69 Å². The molecule has 2 N–H and O–H groups in total. The number of nitrogens with zero attached hydrogens (tertiary/aromatic N) is 1. The second-order valence-electron chi connectivity index (χ2n) is 4.68. The molecule has 4 nitrogen and oxygen atoms in total. The average molecular weight is 228 g/mol. The molecule has 0 aromatic carbocycles. The first kappa shape index (κ1) is 13.5. The molecule has 0 aromatic rings. The third-order valence-electron chi connectivity index (χ3n) is 3.30. The summed E-state index contributed by atoms with van der Waals surface area (Å²) in [6.45, 7) is 6.70. The van der Waals surface area contributed by atoms with Crippen LogP contribution in [0.4, 0.5) is 0 Å². The zero-order chi connectivity index (χ0) is 12.0. The Balaban J connectivity index is 2.42. The molecule has 2 unspecified atom stereocenters. The highest BCUT2D eigenvalue weighted by atomic mass is 16.4. The molecule has 1 heterocycles. The Morgan fingerprint density at radius 3 is 2.88 bits per heavy atom. The molecule has 0 bridgehead atoms. The quantitative estimate of drug-likeness (QED) is 0.720. The fraction of sp³-hybridized carbons (Fsp3) is 0.917. The molecular formula is C12H24N2O2. The van der Waals surface area contributed by atoms with Gasteiger partial charge in [0, 0.05) is 12.6 Å². The fourth-order valence-corrected chi connectivity index (χ4v) is 2.21. The van der Waals surface area contributed by atoms with E-state index in [1.807, 2.05) is 0 Å². The van der Waals surface area contributed by atoms with E-state index in [0.717, 1.165) is 19.5 Å². The smallest absolute Gasteiger partial charge is 0.322 e. The predicted molar refractivity (Wildman–Crippen MR) is 64.6 cm³/mol. The largest absolute Gasteiger partial charge is 0.480 e. The van der Waals surface area contributed by atoms with E-state index < -0.39 is 12.0 Å². The highest BCUT2D eigenvalue weighted by molar-refractivity contribution is 5.73. The minimum Gasteiger partial charge on any atom is -0.480 e. The Morgan fingerprint density at radius 2 is 2.31 bits per heavy atom. The summed E-state index contributed by atoms with van der Waals surface area (Å²) in [6, 6.07) is 0.111. The summed E-state index contributed by atoms with van der Waals surface area (Å²) < 4.78 is 0. The van der Waals surface area contributed by atoms with E-state index in [4.69, 9.17) is 5.11 Å². The van der Waals surface area contributed by atoms with Gasteiger partial charge in [-0.05, 0) is 39.3 Å². The van der Waals surface area contributed by atoms with Crippen molar-refractivity contribution in [3.63, 3.8) is 0 Å².